The minimum Gasteiger partial charge on any atom is -0.399 e. The monoisotopic (exact) mass is 398 g/mol. The van der Waals surface area contributed by atoms with E-state index >= 15 is 0 Å². The Morgan fingerprint density at radius 1 is 1.13 bits per heavy atom. The van der Waals surface area contributed by atoms with Crippen LogP contribution in [0, 0.1) is 0 Å². The maximum absolute atomic E-state index is 11.6. The van der Waals surface area contributed by atoms with Crippen molar-refractivity contribution >= 4 is 33.8 Å². The number of para-hydroxylation sites is 1. The van der Waals surface area contributed by atoms with E-state index in [-0.39, 0.29) is 0 Å². The number of carbonyl (C=O) groups is 1. The van der Waals surface area contributed by atoms with Gasteiger partial charge >= 0.3 is 0 Å². The van der Waals surface area contributed by atoms with E-state index < -0.39 is 11.4 Å². The zero-order chi connectivity index (χ0) is 21.0. The van der Waals surface area contributed by atoms with Crippen LogP contribution in [-0.4, -0.2) is 21.6 Å². The minimum absolute atomic E-state index is 0.589. The molecule has 0 saturated heterocycles. The third-order valence-electron chi connectivity index (χ3n) is 5.11. The van der Waals surface area contributed by atoms with Crippen LogP contribution in [0.5, 0.6) is 0 Å². The molecular formula is C24H22N4O2. The van der Waals surface area contributed by atoms with Gasteiger partial charge in [-0.3, -0.25) is 15.0 Å². The molecule has 0 radical (unpaired) electrons. The summed E-state index contributed by atoms with van der Waals surface area (Å²) >= 11 is 0. The summed E-state index contributed by atoms with van der Waals surface area (Å²) < 4.78 is 0. The molecule has 30 heavy (non-hydrogen) atoms. The summed E-state index contributed by atoms with van der Waals surface area (Å²) in [4.78, 5) is 16.1. The average Bonchev–Trinajstić information content (AvgIpc) is 2.79. The molecule has 6 heteroatoms. The van der Waals surface area contributed by atoms with Gasteiger partial charge in [0.1, 0.15) is 0 Å². The summed E-state index contributed by atoms with van der Waals surface area (Å²) in [6.45, 7) is 0. The van der Waals surface area contributed by atoms with Crippen molar-refractivity contribution in [3.05, 3.63) is 96.7 Å². The molecule has 150 valence electrons. The minimum atomic E-state index is -0.657. The lowest BCUT2D eigenvalue weighted by molar-refractivity contribution is -0.124. The Labute approximate surface area is 174 Å². The van der Waals surface area contributed by atoms with E-state index in [1.807, 2.05) is 66.7 Å². The van der Waals surface area contributed by atoms with Crippen molar-refractivity contribution in [2.45, 2.75) is 12.0 Å². The molecule has 1 unspecified atom stereocenters. The molecule has 1 aliphatic carbocycles. The number of hydrogen-bond donors (Lipinski definition) is 4. The number of hydrogen-bond acceptors (Lipinski definition) is 5. The average molecular weight is 398 g/mol. The van der Waals surface area contributed by atoms with Gasteiger partial charge in [0.15, 0.2) is 0 Å². The van der Waals surface area contributed by atoms with Gasteiger partial charge in [0, 0.05) is 23.3 Å². The van der Waals surface area contributed by atoms with Gasteiger partial charge < -0.3 is 11.1 Å². The van der Waals surface area contributed by atoms with Gasteiger partial charge in [-0.25, -0.2) is 5.48 Å². The zero-order valence-electron chi connectivity index (χ0n) is 16.2. The van der Waals surface area contributed by atoms with Gasteiger partial charge in [-0.15, -0.1) is 0 Å². The third kappa shape index (κ3) is 4.09. The summed E-state index contributed by atoms with van der Waals surface area (Å²) in [5.41, 5.74) is 11.3. The topological polar surface area (TPSA) is 100 Å². The van der Waals surface area contributed by atoms with Crippen molar-refractivity contribution in [2.24, 2.45) is 0 Å². The van der Waals surface area contributed by atoms with Gasteiger partial charge in [-0.05, 0) is 47.9 Å². The van der Waals surface area contributed by atoms with Crippen LogP contribution in [0.3, 0.4) is 0 Å². The van der Waals surface area contributed by atoms with Gasteiger partial charge in [0.2, 0.25) is 0 Å². The van der Waals surface area contributed by atoms with Gasteiger partial charge in [0.25, 0.3) is 5.91 Å². The highest BCUT2D eigenvalue weighted by Crippen LogP contribution is 2.33. The molecule has 1 heterocycles. The number of nitrogens with two attached hydrogens (primary N) is 1. The number of pyridine rings is 1. The molecule has 0 bridgehead atoms. The smallest absolute Gasteiger partial charge is 0.267 e. The van der Waals surface area contributed by atoms with E-state index in [0.29, 0.717) is 6.42 Å². The van der Waals surface area contributed by atoms with E-state index in [1.54, 1.807) is 17.8 Å². The molecule has 1 amide bonds. The van der Waals surface area contributed by atoms with E-state index in [4.69, 9.17) is 10.9 Å². The Hall–Kier alpha value is -3.90. The lowest BCUT2D eigenvalue weighted by Crippen LogP contribution is -2.35. The Kier molecular flexibility index (Phi) is 5.32. The number of hydroxylamine groups is 1. The van der Waals surface area contributed by atoms with Crippen LogP contribution < -0.4 is 16.5 Å². The molecule has 0 spiro atoms. The van der Waals surface area contributed by atoms with Gasteiger partial charge in [-0.1, -0.05) is 48.6 Å². The molecule has 2 aromatic carbocycles. The molecule has 0 fully saturated rings. The quantitative estimate of drug-likeness (QED) is 0.225. The molecule has 3 aromatic rings. The highest BCUT2D eigenvalue weighted by atomic mass is 16.5. The van der Waals surface area contributed by atoms with Gasteiger partial charge in [0.05, 0.1) is 16.7 Å². The maximum Gasteiger partial charge on any atom is 0.267 e. The van der Waals surface area contributed by atoms with Gasteiger partial charge in [-0.2, -0.15) is 0 Å². The summed E-state index contributed by atoms with van der Waals surface area (Å²) in [6, 6.07) is 17.5. The second kappa shape index (κ2) is 8.23. The maximum atomic E-state index is 11.6. The van der Waals surface area contributed by atoms with Crippen molar-refractivity contribution in [1.29, 1.82) is 0 Å². The van der Waals surface area contributed by atoms with E-state index in [0.717, 1.165) is 33.4 Å². The highest BCUT2D eigenvalue weighted by Gasteiger charge is 2.27. The molecule has 0 aliphatic heterocycles. The highest BCUT2D eigenvalue weighted by molar-refractivity contribution is 5.91. The Balaban J connectivity index is 1.68. The van der Waals surface area contributed by atoms with Crippen molar-refractivity contribution in [1.82, 2.24) is 10.5 Å². The fraction of sp³-hybridized carbons (Fsp3) is 0.0833. The Morgan fingerprint density at radius 3 is 2.67 bits per heavy atom. The van der Waals surface area contributed by atoms with E-state index in [9.17, 15) is 4.79 Å². The van der Waals surface area contributed by atoms with Crippen molar-refractivity contribution < 1.29 is 10.0 Å². The fourth-order valence-electron chi connectivity index (χ4n) is 3.52. The summed E-state index contributed by atoms with van der Waals surface area (Å²) in [7, 11) is 0. The number of anilines is 2. The number of benzene rings is 2. The first-order valence-corrected chi connectivity index (χ1v) is 9.59. The second-order valence-corrected chi connectivity index (χ2v) is 7.17. The number of nitrogen functional groups attached to an aromatic ring is 1. The number of allylic oxidation sites excluding steroid dienone is 2. The number of nitrogens with zero attached hydrogens (tertiary/aromatic N) is 1. The molecule has 1 atom stereocenters. The predicted molar refractivity (Wildman–Crippen MR) is 120 cm³/mol. The summed E-state index contributed by atoms with van der Waals surface area (Å²) in [5.74, 6) is -0.589. The number of nitrogens with one attached hydrogen (secondary N) is 2. The molecular weight excluding hydrogens is 376 g/mol. The molecule has 6 nitrogen and oxygen atoms in total. The van der Waals surface area contributed by atoms with Crippen molar-refractivity contribution in [3.8, 4) is 0 Å². The standard InChI is InChI=1S/C24H22N4O2/c25-20-8-6-17(7-9-20)18-10-13-24(14-11-18,15-12-22(29)28-30)27-21-5-1-3-19-4-2-16-26-23(19)21/h1-13,15-16,27,30H,14,25H2,(H,28,29)/b15-12+. The van der Waals surface area contributed by atoms with Crippen LogP contribution in [-0.2, 0) is 4.79 Å². The fourth-order valence-corrected chi connectivity index (χ4v) is 3.52. The van der Waals surface area contributed by atoms with E-state index in [1.165, 1.54) is 6.08 Å². The number of fused-ring (bicyclic) bond motifs is 1. The third-order valence-corrected chi connectivity index (χ3v) is 5.11. The number of amides is 1. The molecule has 1 aliphatic rings. The lowest BCUT2D eigenvalue weighted by Gasteiger charge is -2.32. The molecule has 1 aromatic heterocycles. The SMILES string of the molecule is Nc1ccc(C2=CCC(/C=C/C(=O)NO)(Nc3cccc4cccnc34)C=C2)cc1. The Bertz CT molecular complexity index is 1160. The van der Waals surface area contributed by atoms with E-state index in [2.05, 4.69) is 16.4 Å². The normalized spacial score (nSPS) is 18.4. The second-order valence-electron chi connectivity index (χ2n) is 7.17. The van der Waals surface area contributed by atoms with Crippen LogP contribution in [0.1, 0.15) is 12.0 Å². The zero-order valence-corrected chi connectivity index (χ0v) is 16.2. The predicted octanol–water partition coefficient (Wildman–Crippen LogP) is 4.07. The summed E-state index contributed by atoms with van der Waals surface area (Å²) in [5, 5.41) is 13.4. The first-order chi connectivity index (χ1) is 14.6. The van der Waals surface area contributed by atoms with Crippen LogP contribution in [0.15, 0.2) is 91.2 Å². The molecule has 0 saturated carbocycles. The van der Waals surface area contributed by atoms with Crippen LogP contribution >= 0.6 is 0 Å². The van der Waals surface area contributed by atoms with Crippen molar-refractivity contribution in [3.63, 3.8) is 0 Å². The lowest BCUT2D eigenvalue weighted by atomic mass is 9.85. The first kappa shape index (κ1) is 19.4. The first-order valence-electron chi connectivity index (χ1n) is 9.59. The van der Waals surface area contributed by atoms with Crippen molar-refractivity contribution in [2.75, 3.05) is 11.1 Å². The largest absolute Gasteiger partial charge is 0.399 e. The molecule has 4 rings (SSSR count). The molecule has 5 N–H and O–H groups in total. The Morgan fingerprint density at radius 2 is 1.93 bits per heavy atom. The van der Waals surface area contributed by atoms with Crippen LogP contribution in [0.25, 0.3) is 16.5 Å². The number of carbonyl (C=O) groups excluding carboxylic acids is 1. The summed E-state index contributed by atoms with van der Waals surface area (Å²) in [6.07, 6.45) is 11.6. The number of rotatable bonds is 5. The number of aromatic nitrogens is 1. The van der Waals surface area contributed by atoms with Crippen LogP contribution in [0.4, 0.5) is 11.4 Å². The van der Waals surface area contributed by atoms with Crippen LogP contribution in [0.2, 0.25) is 0 Å².